The molecule has 0 aliphatic carbocycles. The predicted octanol–water partition coefficient (Wildman–Crippen LogP) is 2.41. The van der Waals surface area contributed by atoms with Crippen molar-refractivity contribution in [3.8, 4) is 0 Å². The van der Waals surface area contributed by atoms with Crippen LogP contribution in [0.15, 0.2) is 48.0 Å². The second-order valence-corrected chi connectivity index (χ2v) is 6.67. The van der Waals surface area contributed by atoms with E-state index in [4.69, 9.17) is 0 Å². The van der Waals surface area contributed by atoms with Crippen LogP contribution in [0.5, 0.6) is 0 Å². The van der Waals surface area contributed by atoms with E-state index in [1.165, 1.54) is 16.9 Å². The molecular weight excluding hydrogens is 320 g/mol. The molecule has 5 nitrogen and oxygen atoms in total. The monoisotopic (exact) mass is 342 g/mol. The minimum Gasteiger partial charge on any atom is -0.301 e. The van der Waals surface area contributed by atoms with Crippen molar-refractivity contribution in [2.45, 2.75) is 0 Å². The van der Waals surface area contributed by atoms with Crippen LogP contribution in [0.2, 0.25) is 0 Å². The molecule has 1 N–H and O–H groups in total. The van der Waals surface area contributed by atoms with Crippen molar-refractivity contribution in [1.29, 1.82) is 0 Å². The first kappa shape index (κ1) is 16.8. The summed E-state index contributed by atoms with van der Waals surface area (Å²) in [5.41, 5.74) is 1.23. The Morgan fingerprint density at radius 2 is 1.92 bits per heavy atom. The second-order valence-electron chi connectivity index (χ2n) is 5.78. The molecule has 1 saturated heterocycles. The number of carbonyl (C=O) groups is 1. The first-order chi connectivity index (χ1) is 11.8. The van der Waals surface area contributed by atoms with Gasteiger partial charge in [-0.2, -0.15) is 0 Å². The number of anilines is 1. The normalized spacial score (nSPS) is 16.5. The Kier molecular flexibility index (Phi) is 6.12. The highest BCUT2D eigenvalue weighted by Crippen LogP contribution is 2.10. The summed E-state index contributed by atoms with van der Waals surface area (Å²) in [5.74, 6) is 0.0161. The van der Waals surface area contributed by atoms with Gasteiger partial charge in [0.25, 0.3) is 0 Å². The maximum atomic E-state index is 12.0. The summed E-state index contributed by atoms with van der Waals surface area (Å²) in [6.45, 7) is 5.21. The lowest BCUT2D eigenvalue weighted by molar-refractivity contribution is -0.117. The fourth-order valence-electron chi connectivity index (χ4n) is 2.68. The van der Waals surface area contributed by atoms with Gasteiger partial charge in [-0.05, 0) is 5.56 Å². The molecule has 1 aliphatic heterocycles. The third kappa shape index (κ3) is 5.26. The predicted molar refractivity (Wildman–Crippen MR) is 99.1 cm³/mol. The summed E-state index contributed by atoms with van der Waals surface area (Å²) >= 11 is 1.44. The molecule has 0 bridgehead atoms. The van der Waals surface area contributed by atoms with Gasteiger partial charge in [0.2, 0.25) is 5.91 Å². The lowest BCUT2D eigenvalue weighted by atomic mass is 10.2. The van der Waals surface area contributed by atoms with Gasteiger partial charge in [-0.25, -0.2) is 4.98 Å². The van der Waals surface area contributed by atoms with Gasteiger partial charge in [-0.3, -0.25) is 14.6 Å². The Bertz CT molecular complexity index is 649. The number of amides is 1. The SMILES string of the molecule is O=C(CN1CCN(C/C=C/c2ccccc2)CC1)Nc1nccs1. The molecule has 0 spiro atoms. The third-order valence-corrected chi connectivity index (χ3v) is 4.67. The van der Waals surface area contributed by atoms with Crippen LogP contribution >= 0.6 is 11.3 Å². The number of hydrogen-bond acceptors (Lipinski definition) is 5. The highest BCUT2D eigenvalue weighted by atomic mass is 32.1. The van der Waals surface area contributed by atoms with E-state index in [0.29, 0.717) is 11.7 Å². The van der Waals surface area contributed by atoms with Crippen molar-refractivity contribution in [2.24, 2.45) is 0 Å². The zero-order valence-corrected chi connectivity index (χ0v) is 14.4. The van der Waals surface area contributed by atoms with E-state index in [1.54, 1.807) is 6.20 Å². The molecule has 1 aliphatic rings. The molecule has 3 rings (SSSR count). The summed E-state index contributed by atoms with van der Waals surface area (Å²) in [4.78, 5) is 20.7. The fourth-order valence-corrected chi connectivity index (χ4v) is 3.22. The summed E-state index contributed by atoms with van der Waals surface area (Å²) in [6, 6.07) is 10.3. The van der Waals surface area contributed by atoms with Gasteiger partial charge in [0.1, 0.15) is 0 Å². The maximum absolute atomic E-state index is 12.0. The van der Waals surface area contributed by atoms with E-state index < -0.39 is 0 Å². The van der Waals surface area contributed by atoms with Crippen LogP contribution in [-0.4, -0.2) is 60.0 Å². The number of benzene rings is 1. The average molecular weight is 342 g/mol. The van der Waals surface area contributed by atoms with Crippen LogP contribution in [0, 0.1) is 0 Å². The fraction of sp³-hybridized carbons (Fsp3) is 0.333. The molecule has 126 valence electrons. The van der Waals surface area contributed by atoms with Gasteiger partial charge in [-0.15, -0.1) is 11.3 Å². The van der Waals surface area contributed by atoms with Crippen LogP contribution in [0.4, 0.5) is 5.13 Å². The molecule has 2 heterocycles. The standard InChI is InChI=1S/C18H22N4OS/c23-17(20-18-19-8-14-24-18)15-22-12-10-21(11-13-22)9-4-7-16-5-2-1-3-6-16/h1-8,14H,9-13,15H2,(H,19,20,23)/b7-4+. The van der Waals surface area contributed by atoms with E-state index in [1.807, 2.05) is 11.4 Å². The largest absolute Gasteiger partial charge is 0.301 e. The van der Waals surface area contributed by atoms with Crippen molar-refractivity contribution in [3.63, 3.8) is 0 Å². The molecule has 24 heavy (non-hydrogen) atoms. The Morgan fingerprint density at radius 1 is 1.17 bits per heavy atom. The maximum Gasteiger partial charge on any atom is 0.240 e. The molecule has 6 heteroatoms. The van der Waals surface area contributed by atoms with Gasteiger partial charge in [0.15, 0.2) is 5.13 Å². The van der Waals surface area contributed by atoms with Crippen LogP contribution in [-0.2, 0) is 4.79 Å². The molecule has 0 atom stereocenters. The molecule has 0 radical (unpaired) electrons. The summed E-state index contributed by atoms with van der Waals surface area (Å²) in [7, 11) is 0. The Hall–Kier alpha value is -2.02. The smallest absolute Gasteiger partial charge is 0.240 e. The summed E-state index contributed by atoms with van der Waals surface area (Å²) in [5, 5.41) is 5.36. The van der Waals surface area contributed by atoms with Crippen molar-refractivity contribution in [2.75, 3.05) is 44.6 Å². The third-order valence-electron chi connectivity index (χ3n) is 3.98. The Morgan fingerprint density at radius 3 is 2.62 bits per heavy atom. The van der Waals surface area contributed by atoms with Gasteiger partial charge in [0.05, 0.1) is 6.54 Å². The number of thiazole rings is 1. The van der Waals surface area contributed by atoms with Gasteiger partial charge >= 0.3 is 0 Å². The van der Waals surface area contributed by atoms with E-state index in [0.717, 1.165) is 32.7 Å². The first-order valence-corrected chi connectivity index (χ1v) is 9.03. The minimum atomic E-state index is 0.0161. The molecule has 0 unspecified atom stereocenters. The molecule has 1 aromatic heterocycles. The molecule has 1 amide bonds. The highest BCUT2D eigenvalue weighted by Gasteiger charge is 2.18. The first-order valence-electron chi connectivity index (χ1n) is 8.15. The number of piperazine rings is 1. The van der Waals surface area contributed by atoms with Crippen LogP contribution in [0.1, 0.15) is 5.56 Å². The Labute approximate surface area is 146 Å². The van der Waals surface area contributed by atoms with Gasteiger partial charge in [-0.1, -0.05) is 42.5 Å². The number of hydrogen-bond donors (Lipinski definition) is 1. The van der Waals surface area contributed by atoms with E-state index in [9.17, 15) is 4.79 Å². The van der Waals surface area contributed by atoms with Gasteiger partial charge in [0, 0.05) is 44.3 Å². The zero-order chi connectivity index (χ0) is 16.6. The quantitative estimate of drug-likeness (QED) is 0.876. The number of nitrogens with zero attached hydrogens (tertiary/aromatic N) is 3. The summed E-state index contributed by atoms with van der Waals surface area (Å²) in [6.07, 6.45) is 6.07. The highest BCUT2D eigenvalue weighted by molar-refractivity contribution is 7.13. The van der Waals surface area contributed by atoms with E-state index >= 15 is 0 Å². The molecule has 2 aromatic rings. The van der Waals surface area contributed by atoms with Crippen LogP contribution < -0.4 is 5.32 Å². The van der Waals surface area contributed by atoms with Gasteiger partial charge < -0.3 is 5.32 Å². The second kappa shape index (κ2) is 8.73. The molecule has 1 aromatic carbocycles. The van der Waals surface area contributed by atoms with E-state index in [-0.39, 0.29) is 5.91 Å². The molecule has 0 saturated carbocycles. The number of carbonyl (C=O) groups excluding carboxylic acids is 1. The lowest BCUT2D eigenvalue weighted by Gasteiger charge is -2.33. The van der Waals surface area contributed by atoms with E-state index in [2.05, 4.69) is 56.5 Å². The molecule has 1 fully saturated rings. The zero-order valence-electron chi connectivity index (χ0n) is 13.6. The topological polar surface area (TPSA) is 48.5 Å². The van der Waals surface area contributed by atoms with Crippen molar-refractivity contribution in [3.05, 3.63) is 53.5 Å². The van der Waals surface area contributed by atoms with Crippen LogP contribution in [0.25, 0.3) is 6.08 Å². The van der Waals surface area contributed by atoms with Crippen molar-refractivity contribution in [1.82, 2.24) is 14.8 Å². The lowest BCUT2D eigenvalue weighted by Crippen LogP contribution is -2.48. The Balaban J connectivity index is 1.36. The number of rotatable bonds is 6. The minimum absolute atomic E-state index is 0.0161. The number of aromatic nitrogens is 1. The summed E-state index contributed by atoms with van der Waals surface area (Å²) < 4.78 is 0. The van der Waals surface area contributed by atoms with Crippen molar-refractivity contribution >= 4 is 28.5 Å². The van der Waals surface area contributed by atoms with Crippen molar-refractivity contribution < 1.29 is 4.79 Å². The number of nitrogens with one attached hydrogen (secondary N) is 1. The molecular formula is C18H22N4OS. The average Bonchev–Trinajstić information content (AvgIpc) is 3.10. The van der Waals surface area contributed by atoms with Crippen LogP contribution in [0.3, 0.4) is 0 Å².